The number of carbonyl (C=O) groups excluding carboxylic acids is 2. The predicted octanol–water partition coefficient (Wildman–Crippen LogP) is 4.11. The average molecular weight is 398 g/mol. The molecule has 156 valence electrons. The summed E-state index contributed by atoms with van der Waals surface area (Å²) < 4.78 is 5.12. The Balaban J connectivity index is 1.92. The van der Waals surface area contributed by atoms with E-state index in [0.717, 1.165) is 11.4 Å². The molecule has 0 aliphatic rings. The maximum Gasteiger partial charge on any atom is 0.241 e. The van der Waals surface area contributed by atoms with Crippen LogP contribution in [-0.4, -0.2) is 43.0 Å². The highest BCUT2D eigenvalue weighted by atomic mass is 16.5. The molecule has 0 bridgehead atoms. The van der Waals surface area contributed by atoms with E-state index >= 15 is 0 Å². The zero-order chi connectivity index (χ0) is 21.4. The third-order valence-electron chi connectivity index (χ3n) is 4.90. The van der Waals surface area contributed by atoms with E-state index in [0.29, 0.717) is 18.2 Å². The van der Waals surface area contributed by atoms with Gasteiger partial charge in [0.25, 0.3) is 0 Å². The Bertz CT molecular complexity index is 801. The van der Waals surface area contributed by atoms with E-state index in [1.165, 1.54) is 5.56 Å². The number of benzene rings is 2. The molecule has 0 saturated heterocycles. The maximum atomic E-state index is 12.6. The van der Waals surface area contributed by atoms with Gasteiger partial charge < -0.3 is 15.4 Å². The number of likely N-dealkylation sites (N-methyl/N-ethyl adjacent to an activating group) is 1. The molecule has 0 aliphatic heterocycles. The fourth-order valence-electron chi connectivity index (χ4n) is 2.95. The summed E-state index contributed by atoms with van der Waals surface area (Å²) in [5, 5.41) is 5.78. The second kappa shape index (κ2) is 10.6. The first-order valence-corrected chi connectivity index (χ1v) is 9.92. The molecule has 0 fully saturated rings. The Morgan fingerprint density at radius 1 is 0.931 bits per heavy atom. The topological polar surface area (TPSA) is 70.7 Å². The summed E-state index contributed by atoms with van der Waals surface area (Å²) >= 11 is 0. The van der Waals surface area contributed by atoms with Crippen LogP contribution in [0.2, 0.25) is 0 Å². The first-order valence-electron chi connectivity index (χ1n) is 9.92. The lowest BCUT2D eigenvalue weighted by Crippen LogP contribution is -2.45. The Morgan fingerprint density at radius 2 is 1.48 bits per heavy atom. The SMILES string of the molecule is CCN(CC(=O)Nc1ccc(OC)cc1)[C@@H](C)C(=O)Nc1ccc(C(C)C)cc1. The normalized spacial score (nSPS) is 12.0. The maximum absolute atomic E-state index is 12.6. The van der Waals surface area contributed by atoms with E-state index < -0.39 is 6.04 Å². The molecule has 0 aromatic heterocycles. The molecule has 2 amide bonds. The number of anilines is 2. The van der Waals surface area contributed by atoms with Crippen molar-refractivity contribution < 1.29 is 14.3 Å². The molecular weight excluding hydrogens is 366 g/mol. The second-order valence-corrected chi connectivity index (χ2v) is 7.28. The van der Waals surface area contributed by atoms with Crippen molar-refractivity contribution in [1.82, 2.24) is 4.90 Å². The van der Waals surface area contributed by atoms with Gasteiger partial charge in [-0.3, -0.25) is 14.5 Å². The highest BCUT2D eigenvalue weighted by Crippen LogP contribution is 2.18. The Kier molecular flexibility index (Phi) is 8.21. The summed E-state index contributed by atoms with van der Waals surface area (Å²) in [6, 6.07) is 14.6. The number of amides is 2. The van der Waals surface area contributed by atoms with Crippen LogP contribution in [0, 0.1) is 0 Å². The van der Waals surface area contributed by atoms with Gasteiger partial charge in [-0.1, -0.05) is 32.9 Å². The monoisotopic (exact) mass is 397 g/mol. The van der Waals surface area contributed by atoms with Gasteiger partial charge in [-0.2, -0.15) is 0 Å². The van der Waals surface area contributed by atoms with Crippen molar-refractivity contribution in [3.63, 3.8) is 0 Å². The summed E-state index contributed by atoms with van der Waals surface area (Å²) in [5.41, 5.74) is 2.67. The fraction of sp³-hybridized carbons (Fsp3) is 0.391. The van der Waals surface area contributed by atoms with Gasteiger partial charge in [0.2, 0.25) is 11.8 Å². The lowest BCUT2D eigenvalue weighted by molar-refractivity contribution is -0.123. The Labute approximate surface area is 173 Å². The highest BCUT2D eigenvalue weighted by molar-refractivity contribution is 5.96. The quantitative estimate of drug-likeness (QED) is 0.668. The van der Waals surface area contributed by atoms with Crippen LogP contribution in [0.4, 0.5) is 11.4 Å². The van der Waals surface area contributed by atoms with Crippen molar-refractivity contribution in [2.75, 3.05) is 30.8 Å². The van der Waals surface area contributed by atoms with E-state index in [1.54, 1.807) is 31.4 Å². The number of nitrogens with zero attached hydrogens (tertiary/aromatic N) is 1. The number of rotatable bonds is 9. The predicted molar refractivity (Wildman–Crippen MR) is 117 cm³/mol. The van der Waals surface area contributed by atoms with Crippen molar-refractivity contribution in [3.05, 3.63) is 54.1 Å². The summed E-state index contributed by atoms with van der Waals surface area (Å²) in [5.74, 6) is 0.864. The van der Waals surface area contributed by atoms with Gasteiger partial charge in [-0.15, -0.1) is 0 Å². The molecule has 0 aliphatic carbocycles. The van der Waals surface area contributed by atoms with Gasteiger partial charge in [0.05, 0.1) is 19.7 Å². The van der Waals surface area contributed by atoms with Gasteiger partial charge >= 0.3 is 0 Å². The lowest BCUT2D eigenvalue weighted by atomic mass is 10.0. The number of hydrogen-bond donors (Lipinski definition) is 2. The molecular formula is C23H31N3O3. The van der Waals surface area contributed by atoms with E-state index in [1.807, 2.05) is 43.0 Å². The third kappa shape index (κ3) is 6.61. The van der Waals surface area contributed by atoms with E-state index in [-0.39, 0.29) is 18.4 Å². The largest absolute Gasteiger partial charge is 0.497 e. The van der Waals surface area contributed by atoms with E-state index in [2.05, 4.69) is 24.5 Å². The number of carbonyl (C=O) groups is 2. The van der Waals surface area contributed by atoms with E-state index in [4.69, 9.17) is 4.74 Å². The summed E-state index contributed by atoms with van der Waals surface area (Å²) in [7, 11) is 1.60. The molecule has 0 heterocycles. The lowest BCUT2D eigenvalue weighted by Gasteiger charge is -2.26. The Morgan fingerprint density at radius 3 is 2.00 bits per heavy atom. The number of hydrogen-bond acceptors (Lipinski definition) is 4. The number of nitrogens with one attached hydrogen (secondary N) is 2. The molecule has 6 heteroatoms. The molecule has 2 aromatic carbocycles. The van der Waals surface area contributed by atoms with Crippen LogP contribution in [0.5, 0.6) is 5.75 Å². The van der Waals surface area contributed by atoms with E-state index in [9.17, 15) is 9.59 Å². The minimum atomic E-state index is -0.439. The minimum Gasteiger partial charge on any atom is -0.497 e. The average Bonchev–Trinajstić information content (AvgIpc) is 2.72. The van der Waals surface area contributed by atoms with Gasteiger partial charge in [0, 0.05) is 11.4 Å². The smallest absolute Gasteiger partial charge is 0.241 e. The zero-order valence-electron chi connectivity index (χ0n) is 17.9. The van der Waals surface area contributed by atoms with Crippen molar-refractivity contribution in [3.8, 4) is 5.75 Å². The van der Waals surface area contributed by atoms with Gasteiger partial charge in [-0.25, -0.2) is 0 Å². The first kappa shape index (κ1) is 22.4. The van der Waals surface area contributed by atoms with Gasteiger partial charge in [0.1, 0.15) is 5.75 Å². The molecule has 29 heavy (non-hydrogen) atoms. The van der Waals surface area contributed by atoms with Crippen molar-refractivity contribution in [2.24, 2.45) is 0 Å². The van der Waals surface area contributed by atoms with Crippen molar-refractivity contribution in [2.45, 2.75) is 39.7 Å². The van der Waals surface area contributed by atoms with Crippen LogP contribution in [0.25, 0.3) is 0 Å². The number of methoxy groups -OCH3 is 1. The molecule has 1 atom stereocenters. The van der Waals surface area contributed by atoms with Crippen LogP contribution in [0.3, 0.4) is 0 Å². The highest BCUT2D eigenvalue weighted by Gasteiger charge is 2.22. The number of ether oxygens (including phenoxy) is 1. The fourth-order valence-corrected chi connectivity index (χ4v) is 2.95. The van der Waals surface area contributed by atoms with Crippen LogP contribution < -0.4 is 15.4 Å². The standard InChI is InChI=1S/C23H31N3O3/c1-6-26(15-22(27)24-19-11-13-21(29-5)14-12-19)17(4)23(28)25-20-9-7-18(8-10-20)16(2)3/h7-14,16-17H,6,15H2,1-5H3,(H,24,27)(H,25,28)/t17-/m0/s1. The van der Waals surface area contributed by atoms with Crippen LogP contribution in [-0.2, 0) is 9.59 Å². The molecule has 2 N–H and O–H groups in total. The molecule has 0 unspecified atom stereocenters. The zero-order valence-corrected chi connectivity index (χ0v) is 17.9. The van der Waals surface area contributed by atoms with Gasteiger partial charge in [-0.05, 0) is 61.3 Å². The third-order valence-corrected chi connectivity index (χ3v) is 4.90. The minimum absolute atomic E-state index is 0.128. The summed E-state index contributed by atoms with van der Waals surface area (Å²) in [6.45, 7) is 8.71. The van der Waals surface area contributed by atoms with Crippen molar-refractivity contribution >= 4 is 23.2 Å². The first-order chi connectivity index (χ1) is 13.8. The van der Waals surface area contributed by atoms with Gasteiger partial charge in [0.15, 0.2) is 0 Å². The molecule has 0 saturated carbocycles. The second-order valence-electron chi connectivity index (χ2n) is 7.28. The molecule has 6 nitrogen and oxygen atoms in total. The Hall–Kier alpha value is -2.86. The van der Waals surface area contributed by atoms with Crippen molar-refractivity contribution in [1.29, 1.82) is 0 Å². The van der Waals surface area contributed by atoms with Crippen LogP contribution in [0.1, 0.15) is 39.2 Å². The summed E-state index contributed by atoms with van der Waals surface area (Å²) in [6.07, 6.45) is 0. The molecule has 0 radical (unpaired) electrons. The molecule has 0 spiro atoms. The summed E-state index contributed by atoms with van der Waals surface area (Å²) in [4.78, 5) is 26.9. The van der Waals surface area contributed by atoms with Crippen LogP contribution in [0.15, 0.2) is 48.5 Å². The molecule has 2 rings (SSSR count). The molecule has 2 aromatic rings. The van der Waals surface area contributed by atoms with Crippen LogP contribution >= 0.6 is 0 Å².